The highest BCUT2D eigenvalue weighted by Gasteiger charge is 2.18. The van der Waals surface area contributed by atoms with Gasteiger partial charge in [0.05, 0.1) is 11.8 Å². The minimum Gasteiger partial charge on any atom is -0.378 e. The van der Waals surface area contributed by atoms with Crippen LogP contribution in [0.2, 0.25) is 0 Å². The molecule has 2 heterocycles. The highest BCUT2D eigenvalue weighted by Crippen LogP contribution is 2.23. The van der Waals surface area contributed by atoms with E-state index in [-0.39, 0.29) is 0 Å². The minimum absolute atomic E-state index is 0.382. The third-order valence-corrected chi connectivity index (χ3v) is 3.62. The summed E-state index contributed by atoms with van der Waals surface area (Å²) in [5.74, 6) is 0. The molecule has 1 N–H and O–H groups in total. The summed E-state index contributed by atoms with van der Waals surface area (Å²) in [5, 5.41) is 7.59. The van der Waals surface area contributed by atoms with E-state index in [1.807, 2.05) is 25.0 Å². The Hall–Kier alpha value is -0.870. The third-order valence-electron chi connectivity index (χ3n) is 3.62. The van der Waals surface area contributed by atoms with Gasteiger partial charge in [0.15, 0.2) is 0 Å². The van der Waals surface area contributed by atoms with Gasteiger partial charge >= 0.3 is 0 Å². The first-order valence-corrected chi connectivity index (χ1v) is 6.58. The first-order chi connectivity index (χ1) is 8.31. The van der Waals surface area contributed by atoms with Crippen molar-refractivity contribution in [1.29, 1.82) is 0 Å². The molecule has 1 saturated heterocycles. The summed E-state index contributed by atoms with van der Waals surface area (Å²) in [4.78, 5) is 0. The largest absolute Gasteiger partial charge is 0.378 e. The van der Waals surface area contributed by atoms with E-state index in [0.29, 0.717) is 12.1 Å². The second-order valence-corrected chi connectivity index (χ2v) is 4.79. The Labute approximate surface area is 103 Å². The van der Waals surface area contributed by atoms with E-state index in [1.165, 1.54) is 25.0 Å². The molecule has 0 saturated carbocycles. The molecule has 0 amide bonds. The van der Waals surface area contributed by atoms with Gasteiger partial charge in [-0.2, -0.15) is 5.10 Å². The van der Waals surface area contributed by atoms with Crippen LogP contribution in [0, 0.1) is 0 Å². The molecule has 1 aliphatic rings. The standard InChI is InChI=1S/C13H23N3O/c1-14-12(13-8-9-15-16(13)2)7-6-11-5-3-4-10-17-11/h8-9,11-12,14H,3-7,10H2,1-2H3. The lowest BCUT2D eigenvalue weighted by atomic mass is 10.0. The van der Waals surface area contributed by atoms with Crippen molar-refractivity contribution in [2.45, 2.75) is 44.2 Å². The fourth-order valence-corrected chi connectivity index (χ4v) is 2.55. The van der Waals surface area contributed by atoms with Gasteiger partial charge in [0.2, 0.25) is 0 Å². The zero-order valence-electron chi connectivity index (χ0n) is 10.9. The predicted molar refractivity (Wildman–Crippen MR) is 67.8 cm³/mol. The Kier molecular flexibility index (Phi) is 4.57. The quantitative estimate of drug-likeness (QED) is 0.851. The smallest absolute Gasteiger partial charge is 0.0575 e. The summed E-state index contributed by atoms with van der Waals surface area (Å²) in [7, 11) is 4.01. The van der Waals surface area contributed by atoms with Gasteiger partial charge in [0, 0.05) is 25.9 Å². The summed E-state index contributed by atoms with van der Waals surface area (Å²) in [6.45, 7) is 0.945. The maximum Gasteiger partial charge on any atom is 0.0575 e. The summed E-state index contributed by atoms with van der Waals surface area (Å²) in [6, 6.07) is 2.47. The molecule has 17 heavy (non-hydrogen) atoms. The molecule has 1 aliphatic heterocycles. The zero-order valence-corrected chi connectivity index (χ0v) is 10.9. The second kappa shape index (κ2) is 6.17. The molecular weight excluding hydrogens is 214 g/mol. The van der Waals surface area contributed by atoms with Crippen LogP contribution in [0.1, 0.15) is 43.8 Å². The van der Waals surface area contributed by atoms with Crippen LogP contribution < -0.4 is 5.32 Å². The van der Waals surface area contributed by atoms with Gasteiger partial charge in [-0.25, -0.2) is 0 Å². The molecule has 1 fully saturated rings. The molecule has 4 nitrogen and oxygen atoms in total. The Balaban J connectivity index is 1.85. The van der Waals surface area contributed by atoms with Crippen LogP contribution in [0.25, 0.3) is 0 Å². The molecule has 2 unspecified atom stereocenters. The van der Waals surface area contributed by atoms with E-state index in [1.54, 1.807) is 0 Å². The molecule has 2 atom stereocenters. The van der Waals surface area contributed by atoms with Gasteiger partial charge in [-0.05, 0) is 45.2 Å². The summed E-state index contributed by atoms with van der Waals surface area (Å²) in [6.07, 6.45) is 8.34. The first-order valence-electron chi connectivity index (χ1n) is 6.58. The zero-order chi connectivity index (χ0) is 12.1. The molecule has 4 heteroatoms. The van der Waals surface area contributed by atoms with Crippen LogP contribution >= 0.6 is 0 Å². The van der Waals surface area contributed by atoms with E-state index in [2.05, 4.69) is 16.5 Å². The van der Waals surface area contributed by atoms with Crippen LogP contribution in [0.4, 0.5) is 0 Å². The van der Waals surface area contributed by atoms with Crippen molar-refractivity contribution in [2.75, 3.05) is 13.7 Å². The Morgan fingerprint density at radius 2 is 2.47 bits per heavy atom. The number of hydrogen-bond donors (Lipinski definition) is 1. The number of hydrogen-bond acceptors (Lipinski definition) is 3. The van der Waals surface area contributed by atoms with Crippen molar-refractivity contribution < 1.29 is 4.74 Å². The average Bonchev–Trinajstić information content (AvgIpc) is 2.78. The van der Waals surface area contributed by atoms with Crippen molar-refractivity contribution >= 4 is 0 Å². The van der Waals surface area contributed by atoms with E-state index in [4.69, 9.17) is 4.74 Å². The van der Waals surface area contributed by atoms with Crippen molar-refractivity contribution in [2.24, 2.45) is 7.05 Å². The van der Waals surface area contributed by atoms with E-state index in [0.717, 1.165) is 19.4 Å². The molecule has 1 aromatic heterocycles. The van der Waals surface area contributed by atoms with Gasteiger partial charge < -0.3 is 10.1 Å². The Bertz CT molecular complexity index is 331. The first kappa shape index (κ1) is 12.6. The molecular formula is C13H23N3O. The molecule has 1 aromatic rings. The van der Waals surface area contributed by atoms with Crippen molar-refractivity contribution in [3.8, 4) is 0 Å². The number of ether oxygens (including phenoxy) is 1. The summed E-state index contributed by atoms with van der Waals surface area (Å²) < 4.78 is 7.72. The highest BCUT2D eigenvalue weighted by molar-refractivity contribution is 5.06. The molecule has 2 rings (SSSR count). The second-order valence-electron chi connectivity index (χ2n) is 4.79. The van der Waals surface area contributed by atoms with E-state index >= 15 is 0 Å². The van der Waals surface area contributed by atoms with Crippen LogP contribution in [0.5, 0.6) is 0 Å². The molecule has 0 aliphatic carbocycles. The third kappa shape index (κ3) is 3.30. The van der Waals surface area contributed by atoms with Crippen LogP contribution in [-0.4, -0.2) is 29.5 Å². The predicted octanol–water partition coefficient (Wildman–Crippen LogP) is 2.03. The molecule has 0 bridgehead atoms. The maximum atomic E-state index is 5.77. The van der Waals surface area contributed by atoms with Crippen molar-refractivity contribution in [1.82, 2.24) is 15.1 Å². The SMILES string of the molecule is CNC(CCC1CCCCO1)c1ccnn1C. The Morgan fingerprint density at radius 1 is 1.59 bits per heavy atom. The Morgan fingerprint density at radius 3 is 3.06 bits per heavy atom. The monoisotopic (exact) mass is 237 g/mol. The molecule has 0 radical (unpaired) electrons. The maximum absolute atomic E-state index is 5.77. The van der Waals surface area contributed by atoms with E-state index in [9.17, 15) is 0 Å². The fourth-order valence-electron chi connectivity index (χ4n) is 2.55. The van der Waals surface area contributed by atoms with Gasteiger partial charge in [0.25, 0.3) is 0 Å². The van der Waals surface area contributed by atoms with Gasteiger partial charge in [0.1, 0.15) is 0 Å². The van der Waals surface area contributed by atoms with E-state index < -0.39 is 0 Å². The van der Waals surface area contributed by atoms with Gasteiger partial charge in [-0.3, -0.25) is 4.68 Å². The summed E-state index contributed by atoms with van der Waals surface area (Å²) >= 11 is 0. The molecule has 0 spiro atoms. The highest BCUT2D eigenvalue weighted by atomic mass is 16.5. The van der Waals surface area contributed by atoms with Crippen LogP contribution in [0.15, 0.2) is 12.3 Å². The lowest BCUT2D eigenvalue weighted by Crippen LogP contribution is -2.24. The molecule has 96 valence electrons. The van der Waals surface area contributed by atoms with Gasteiger partial charge in [-0.1, -0.05) is 0 Å². The number of aromatic nitrogens is 2. The number of nitrogens with zero attached hydrogens (tertiary/aromatic N) is 2. The lowest BCUT2D eigenvalue weighted by molar-refractivity contribution is 0.00854. The number of nitrogens with one attached hydrogen (secondary N) is 1. The molecule has 0 aromatic carbocycles. The normalized spacial score (nSPS) is 22.6. The fraction of sp³-hybridized carbons (Fsp3) is 0.769. The van der Waals surface area contributed by atoms with Crippen molar-refractivity contribution in [3.63, 3.8) is 0 Å². The van der Waals surface area contributed by atoms with Gasteiger partial charge in [-0.15, -0.1) is 0 Å². The average molecular weight is 237 g/mol. The minimum atomic E-state index is 0.382. The lowest BCUT2D eigenvalue weighted by Gasteiger charge is -2.24. The number of aryl methyl sites for hydroxylation is 1. The topological polar surface area (TPSA) is 39.1 Å². The number of rotatable bonds is 5. The summed E-state index contributed by atoms with van der Waals surface area (Å²) in [5.41, 5.74) is 1.25. The van der Waals surface area contributed by atoms with Crippen molar-refractivity contribution in [3.05, 3.63) is 18.0 Å². The van der Waals surface area contributed by atoms with Crippen LogP contribution in [-0.2, 0) is 11.8 Å². The van der Waals surface area contributed by atoms with Crippen LogP contribution in [0.3, 0.4) is 0 Å².